The number of carbonyl (C=O) groups is 1. The van der Waals surface area contributed by atoms with Crippen LogP contribution in [0.1, 0.15) is 22.8 Å². The van der Waals surface area contributed by atoms with Gasteiger partial charge in [-0.3, -0.25) is 4.79 Å². The largest absolute Gasteiger partial charge is 0.434 e. The highest BCUT2D eigenvalue weighted by Gasteiger charge is 2.38. The summed E-state index contributed by atoms with van der Waals surface area (Å²) in [5, 5.41) is -1.30. The van der Waals surface area contributed by atoms with E-state index < -0.39 is 40.8 Å². The summed E-state index contributed by atoms with van der Waals surface area (Å²) in [7, 11) is 0. The molecule has 8 heteroatoms. The number of carbonyl (C=O) groups excluding carboxylic acids is 1. The summed E-state index contributed by atoms with van der Waals surface area (Å²) in [6, 6.07) is 2.33. The van der Waals surface area contributed by atoms with E-state index in [1.807, 2.05) is 0 Å². The third-order valence-corrected chi connectivity index (χ3v) is 2.35. The summed E-state index contributed by atoms with van der Waals surface area (Å²) in [5.74, 6) is -1.98. The zero-order chi connectivity index (χ0) is 14.8. The Labute approximate surface area is 110 Å². The number of alkyl halides is 6. The highest BCUT2D eigenvalue weighted by Crippen LogP contribution is 2.37. The average molecular weight is 303 g/mol. The summed E-state index contributed by atoms with van der Waals surface area (Å²) >= 11 is 5.43. The Morgan fingerprint density at radius 2 is 1.89 bits per heavy atom. The number of Topliss-reactive ketones (excluding diaryl/α,β-unsaturated/α-hetero) is 1. The van der Waals surface area contributed by atoms with E-state index in [9.17, 15) is 26.7 Å². The fourth-order valence-electron chi connectivity index (χ4n) is 1.41. The van der Waals surface area contributed by atoms with Crippen molar-refractivity contribution in [3.8, 4) is 5.75 Å². The predicted octanol–water partition coefficient (Wildman–Crippen LogP) is 4.12. The van der Waals surface area contributed by atoms with Crippen LogP contribution in [0.15, 0.2) is 18.2 Å². The highest BCUT2D eigenvalue weighted by molar-refractivity contribution is 6.34. The van der Waals surface area contributed by atoms with Crippen LogP contribution in [0.2, 0.25) is 0 Å². The Kier molecular flexibility index (Phi) is 4.73. The van der Waals surface area contributed by atoms with Crippen molar-refractivity contribution in [1.29, 1.82) is 0 Å². The molecule has 0 N–H and O–H groups in total. The van der Waals surface area contributed by atoms with Crippen molar-refractivity contribution in [2.45, 2.75) is 25.1 Å². The van der Waals surface area contributed by atoms with Gasteiger partial charge in [-0.2, -0.15) is 22.0 Å². The van der Waals surface area contributed by atoms with Crippen molar-refractivity contribution in [1.82, 2.24) is 0 Å². The molecular formula is C11H8ClF5O2. The van der Waals surface area contributed by atoms with E-state index in [1.54, 1.807) is 0 Å². The van der Waals surface area contributed by atoms with Gasteiger partial charge in [0.2, 0.25) is 0 Å². The zero-order valence-corrected chi connectivity index (χ0v) is 10.2. The molecule has 0 spiro atoms. The van der Waals surface area contributed by atoms with Crippen LogP contribution in [0.3, 0.4) is 0 Å². The minimum Gasteiger partial charge on any atom is -0.434 e. The predicted molar refractivity (Wildman–Crippen MR) is 57.7 cm³/mol. The molecule has 0 radical (unpaired) electrons. The standard InChI is InChI=1S/C11H8ClF5O2/c1-5(12)9(18)8-6(11(15,16)17)3-2-4-7(8)19-10(13)14/h2-5,10H,1H3. The van der Waals surface area contributed by atoms with Crippen LogP contribution in [0.25, 0.3) is 0 Å². The molecule has 0 saturated carbocycles. The van der Waals surface area contributed by atoms with E-state index >= 15 is 0 Å². The molecule has 1 atom stereocenters. The number of hydrogen-bond acceptors (Lipinski definition) is 2. The maximum atomic E-state index is 12.8. The number of ketones is 1. The summed E-state index contributed by atoms with van der Waals surface area (Å²) < 4.78 is 66.5. The number of ether oxygens (including phenoxy) is 1. The van der Waals surface area contributed by atoms with Gasteiger partial charge in [-0.05, 0) is 19.1 Å². The monoisotopic (exact) mass is 302 g/mol. The van der Waals surface area contributed by atoms with Crippen molar-refractivity contribution in [2.75, 3.05) is 0 Å². The topological polar surface area (TPSA) is 26.3 Å². The fraction of sp³-hybridized carbons (Fsp3) is 0.364. The summed E-state index contributed by atoms with van der Waals surface area (Å²) in [6.07, 6.45) is -4.88. The van der Waals surface area contributed by atoms with Crippen molar-refractivity contribution >= 4 is 17.4 Å². The number of hydrogen-bond donors (Lipinski definition) is 0. The van der Waals surface area contributed by atoms with Crippen LogP contribution in [-0.2, 0) is 6.18 Å². The van der Waals surface area contributed by atoms with Gasteiger partial charge in [0, 0.05) is 0 Å². The lowest BCUT2D eigenvalue weighted by molar-refractivity contribution is -0.138. The third kappa shape index (κ3) is 3.79. The smallest absolute Gasteiger partial charge is 0.417 e. The van der Waals surface area contributed by atoms with Gasteiger partial charge in [0.05, 0.1) is 16.5 Å². The molecule has 1 unspecified atom stereocenters. The second kappa shape index (κ2) is 5.73. The van der Waals surface area contributed by atoms with Crippen LogP contribution >= 0.6 is 11.6 Å². The Morgan fingerprint density at radius 3 is 2.32 bits per heavy atom. The second-order valence-corrected chi connectivity index (χ2v) is 4.19. The lowest BCUT2D eigenvalue weighted by Gasteiger charge is -2.16. The Bertz CT molecular complexity index is 471. The summed E-state index contributed by atoms with van der Waals surface area (Å²) in [4.78, 5) is 11.7. The summed E-state index contributed by atoms with van der Waals surface area (Å²) in [6.45, 7) is -2.20. The Hall–Kier alpha value is -1.37. The van der Waals surface area contributed by atoms with Gasteiger partial charge in [-0.25, -0.2) is 0 Å². The second-order valence-electron chi connectivity index (χ2n) is 3.54. The molecule has 19 heavy (non-hydrogen) atoms. The molecule has 0 aliphatic heterocycles. The molecule has 0 bridgehead atoms. The van der Waals surface area contributed by atoms with Crippen molar-refractivity contribution in [3.63, 3.8) is 0 Å². The number of rotatable bonds is 4. The number of halogens is 6. The first-order valence-corrected chi connectivity index (χ1v) is 5.41. The zero-order valence-electron chi connectivity index (χ0n) is 9.47. The van der Waals surface area contributed by atoms with Crippen molar-refractivity contribution < 1.29 is 31.5 Å². The Balaban J connectivity index is 3.45. The molecule has 0 aliphatic carbocycles. The van der Waals surface area contributed by atoms with Gasteiger partial charge in [-0.15, -0.1) is 11.6 Å². The van der Waals surface area contributed by atoms with Crippen LogP contribution in [0, 0.1) is 0 Å². The molecule has 1 aromatic rings. The van der Waals surface area contributed by atoms with E-state index in [0.717, 1.165) is 19.1 Å². The van der Waals surface area contributed by atoms with Gasteiger partial charge in [-0.1, -0.05) is 6.07 Å². The van der Waals surface area contributed by atoms with Gasteiger partial charge < -0.3 is 4.74 Å². The van der Waals surface area contributed by atoms with Crippen LogP contribution in [0.5, 0.6) is 5.75 Å². The molecule has 0 amide bonds. The molecule has 1 aromatic carbocycles. The molecule has 0 aromatic heterocycles. The van der Waals surface area contributed by atoms with Crippen LogP contribution in [0.4, 0.5) is 22.0 Å². The van der Waals surface area contributed by atoms with Gasteiger partial charge in [0.15, 0.2) is 5.78 Å². The Morgan fingerprint density at radius 1 is 1.32 bits per heavy atom. The minimum absolute atomic E-state index is 0.602. The van der Waals surface area contributed by atoms with E-state index in [2.05, 4.69) is 4.74 Å². The quantitative estimate of drug-likeness (QED) is 0.475. The molecule has 0 fully saturated rings. The van der Waals surface area contributed by atoms with Crippen LogP contribution < -0.4 is 4.74 Å². The molecular weight excluding hydrogens is 295 g/mol. The average Bonchev–Trinajstić information content (AvgIpc) is 2.25. The maximum Gasteiger partial charge on any atom is 0.417 e. The van der Waals surface area contributed by atoms with Gasteiger partial charge in [0.25, 0.3) is 0 Å². The van der Waals surface area contributed by atoms with E-state index in [-0.39, 0.29) is 0 Å². The van der Waals surface area contributed by atoms with Gasteiger partial charge in [0.1, 0.15) is 5.75 Å². The van der Waals surface area contributed by atoms with Crippen LogP contribution in [-0.4, -0.2) is 17.8 Å². The SMILES string of the molecule is CC(Cl)C(=O)c1c(OC(F)F)cccc1C(F)(F)F. The van der Waals surface area contributed by atoms with Crippen molar-refractivity contribution in [3.05, 3.63) is 29.3 Å². The van der Waals surface area contributed by atoms with E-state index in [1.165, 1.54) is 0 Å². The molecule has 2 nitrogen and oxygen atoms in total. The molecule has 106 valence electrons. The van der Waals surface area contributed by atoms with Crippen molar-refractivity contribution in [2.24, 2.45) is 0 Å². The van der Waals surface area contributed by atoms with E-state index in [4.69, 9.17) is 11.6 Å². The first-order chi connectivity index (χ1) is 8.64. The lowest BCUT2D eigenvalue weighted by atomic mass is 10.00. The molecule has 0 aliphatic rings. The van der Waals surface area contributed by atoms with E-state index in [0.29, 0.717) is 6.07 Å². The third-order valence-electron chi connectivity index (χ3n) is 2.16. The lowest BCUT2D eigenvalue weighted by Crippen LogP contribution is -2.20. The first kappa shape index (κ1) is 15.7. The maximum absolute atomic E-state index is 12.8. The fourth-order valence-corrected chi connectivity index (χ4v) is 1.52. The molecule has 1 rings (SSSR count). The van der Waals surface area contributed by atoms with Gasteiger partial charge >= 0.3 is 12.8 Å². The number of benzene rings is 1. The highest BCUT2D eigenvalue weighted by atomic mass is 35.5. The summed E-state index contributed by atoms with van der Waals surface area (Å²) in [5.41, 5.74) is -2.35. The minimum atomic E-state index is -4.88. The normalized spacial score (nSPS) is 13.5. The molecule has 0 heterocycles. The first-order valence-electron chi connectivity index (χ1n) is 4.98. The molecule has 0 saturated heterocycles.